The van der Waals surface area contributed by atoms with Crippen LogP contribution in [0.15, 0.2) is 28.7 Å². The molecule has 0 saturated carbocycles. The molecule has 1 aromatic carbocycles. The van der Waals surface area contributed by atoms with E-state index in [0.717, 1.165) is 10.2 Å². The van der Waals surface area contributed by atoms with E-state index in [2.05, 4.69) is 63.2 Å². The van der Waals surface area contributed by atoms with E-state index in [9.17, 15) is 0 Å². The van der Waals surface area contributed by atoms with Gasteiger partial charge in [0.2, 0.25) is 0 Å². The number of benzene rings is 1. The average Bonchev–Trinajstić information content (AvgIpc) is 2.06. The monoisotopic (exact) mass is 326 g/mol. The summed E-state index contributed by atoms with van der Waals surface area (Å²) in [5.74, 6) is 0.870. The molecule has 0 unspecified atom stereocenters. The van der Waals surface area contributed by atoms with Crippen LogP contribution in [-0.4, -0.2) is 40.9 Å². The van der Waals surface area contributed by atoms with E-state index in [1.54, 1.807) is 0 Å². The van der Waals surface area contributed by atoms with Crippen LogP contribution in [0.1, 0.15) is 0 Å². The lowest BCUT2D eigenvalue weighted by molar-refractivity contribution is 0.246. The third-order valence-corrected chi connectivity index (χ3v) is 4.24. The lowest BCUT2D eigenvalue weighted by Crippen LogP contribution is -2.56. The summed E-state index contributed by atoms with van der Waals surface area (Å²) >= 11 is 7.12. The van der Waals surface area contributed by atoms with E-state index >= 15 is 0 Å². The van der Waals surface area contributed by atoms with Gasteiger partial charge in [0.1, 0.15) is 37.1 Å². The van der Waals surface area contributed by atoms with E-state index in [1.165, 1.54) is 0 Å². The Bertz CT molecular complexity index is 351. The third kappa shape index (κ3) is 3.35. The Kier molecular flexibility index (Phi) is 4.10. The topological polar surface area (TPSA) is 9.23 Å². The summed E-state index contributed by atoms with van der Waals surface area (Å²) in [7, 11) is 8.34. The minimum absolute atomic E-state index is 0.0880. The van der Waals surface area contributed by atoms with Crippen LogP contribution in [0, 0.1) is 0 Å². The number of ether oxygens (including phenoxy) is 1. The number of para-hydroxylation sites is 1. The van der Waals surface area contributed by atoms with Crippen LogP contribution < -0.4 is 4.74 Å². The molecule has 0 atom stereocenters. The molecule has 0 N–H and O–H groups in total. The fraction of sp³-hybridized carbons (Fsp3) is 0.250. The van der Waals surface area contributed by atoms with Gasteiger partial charge in [0.15, 0.2) is 0 Å². The Morgan fingerprint density at radius 2 is 1.60 bits per heavy atom. The molecule has 0 heterocycles. The van der Waals surface area contributed by atoms with Gasteiger partial charge >= 0.3 is 0 Å². The molecule has 0 radical (unpaired) electrons. The summed E-state index contributed by atoms with van der Waals surface area (Å²) < 4.78 is 6.90. The van der Waals surface area contributed by atoms with Gasteiger partial charge in [-0.15, -0.1) is 15.9 Å². The first-order valence-electron chi connectivity index (χ1n) is 4.86. The van der Waals surface area contributed by atoms with Crippen LogP contribution in [0.3, 0.4) is 0 Å². The molecule has 15 heavy (non-hydrogen) atoms. The van der Waals surface area contributed by atoms with Gasteiger partial charge in [-0.2, -0.15) is 0 Å². The molecule has 0 aliphatic rings. The summed E-state index contributed by atoms with van der Waals surface area (Å²) in [6.45, 7) is 0. The summed E-state index contributed by atoms with van der Waals surface area (Å²) in [6.07, 6.45) is 0. The van der Waals surface area contributed by atoms with Gasteiger partial charge in [-0.1, -0.05) is 12.1 Å². The highest BCUT2D eigenvalue weighted by molar-refractivity contribution is 9.11. The van der Waals surface area contributed by atoms with Crippen molar-refractivity contribution in [2.45, 2.75) is 9.52 Å². The lowest BCUT2D eigenvalue weighted by Gasteiger charge is -2.38. The molecule has 0 fully saturated rings. The third-order valence-electron chi connectivity index (χ3n) is 2.63. The van der Waals surface area contributed by atoms with E-state index in [1.807, 2.05) is 24.3 Å². The zero-order chi connectivity index (χ0) is 11.7. The maximum atomic E-state index is 6.00. The van der Waals surface area contributed by atoms with Crippen molar-refractivity contribution in [1.29, 1.82) is 0 Å². The smallest absolute Gasteiger partial charge is 0.146 e. The fourth-order valence-electron chi connectivity index (χ4n) is 0.924. The first-order chi connectivity index (χ1) is 6.74. The molecule has 0 aliphatic heterocycles. The average molecular weight is 327 g/mol. The second-order valence-corrected chi connectivity index (χ2v) is 7.35. The van der Waals surface area contributed by atoms with Crippen LogP contribution in [0.2, 0.25) is 0 Å². The normalized spacial score (nSPS) is 12.4. The molecule has 0 aliphatic carbocycles. The van der Waals surface area contributed by atoms with E-state index in [4.69, 9.17) is 4.74 Å². The van der Waals surface area contributed by atoms with Crippen molar-refractivity contribution in [3.8, 4) is 5.75 Å². The fourth-order valence-corrected chi connectivity index (χ4v) is 1.37. The van der Waals surface area contributed by atoms with Gasteiger partial charge in [0.25, 0.3) is 0 Å². The number of hydrogen-bond acceptors (Lipinski definition) is 1. The van der Waals surface area contributed by atoms with Crippen molar-refractivity contribution in [2.24, 2.45) is 0 Å². The minimum atomic E-state index is -0.281. The molecule has 0 saturated heterocycles. The van der Waals surface area contributed by atoms with Crippen LogP contribution in [0.5, 0.6) is 5.75 Å². The van der Waals surface area contributed by atoms with E-state index in [0.29, 0.717) is 0 Å². The van der Waals surface area contributed by atoms with Crippen LogP contribution in [0.25, 0.3) is 0 Å². The minimum Gasteiger partial charge on any atom is -0.504 e. The standard InChI is InChI=1S/C8H12B4Br2O/c9-7(10,14)8(11,12)15-6-4-2-1-3-5(6)13/h1-4H,9-12H2. The van der Waals surface area contributed by atoms with Crippen molar-refractivity contribution < 1.29 is 4.74 Å². The first-order valence-corrected chi connectivity index (χ1v) is 6.45. The van der Waals surface area contributed by atoms with Crippen molar-refractivity contribution >= 4 is 63.2 Å². The number of rotatable bonds is 3. The molecule has 76 valence electrons. The van der Waals surface area contributed by atoms with E-state index < -0.39 is 0 Å². The summed E-state index contributed by atoms with van der Waals surface area (Å²) in [5.41, 5.74) is 0. The largest absolute Gasteiger partial charge is 0.504 e. The molecule has 1 nitrogen and oxygen atoms in total. The molecule has 0 aromatic heterocycles. The van der Waals surface area contributed by atoms with Crippen molar-refractivity contribution in [1.82, 2.24) is 0 Å². The second kappa shape index (κ2) is 4.62. The Labute approximate surface area is 112 Å². The Morgan fingerprint density at radius 3 is 2.07 bits per heavy atom. The molecule has 0 spiro atoms. The van der Waals surface area contributed by atoms with E-state index in [-0.39, 0.29) is 9.52 Å². The first kappa shape index (κ1) is 13.3. The van der Waals surface area contributed by atoms with Gasteiger partial charge < -0.3 is 4.74 Å². The zero-order valence-electron chi connectivity index (χ0n) is 9.47. The van der Waals surface area contributed by atoms with Gasteiger partial charge in [0, 0.05) is 5.40 Å². The zero-order valence-corrected chi connectivity index (χ0v) is 12.6. The van der Waals surface area contributed by atoms with Gasteiger partial charge in [-0.3, -0.25) is 0 Å². The molecule has 1 rings (SSSR count). The number of hydrogen-bond donors (Lipinski definition) is 0. The van der Waals surface area contributed by atoms with Crippen LogP contribution >= 0.6 is 31.9 Å². The SMILES string of the molecule is BC(B)(Br)C(B)(B)Oc1ccccc1Br. The number of halogens is 2. The highest BCUT2D eigenvalue weighted by Crippen LogP contribution is 2.30. The van der Waals surface area contributed by atoms with Crippen LogP contribution in [0.4, 0.5) is 0 Å². The molecule has 1 aromatic rings. The van der Waals surface area contributed by atoms with Gasteiger partial charge in [0.05, 0.1) is 4.47 Å². The summed E-state index contributed by atoms with van der Waals surface area (Å²) in [6, 6.07) is 7.89. The maximum Gasteiger partial charge on any atom is 0.146 e. The second-order valence-electron chi connectivity index (χ2n) is 4.52. The highest BCUT2D eigenvalue weighted by atomic mass is 79.9. The van der Waals surface area contributed by atoms with Crippen molar-refractivity contribution in [3.05, 3.63) is 28.7 Å². The maximum absolute atomic E-state index is 6.00. The quantitative estimate of drug-likeness (QED) is 0.515. The molecule has 0 amide bonds. The Hall–Kier alpha value is 0.240. The van der Waals surface area contributed by atoms with Crippen molar-refractivity contribution in [2.75, 3.05) is 0 Å². The van der Waals surface area contributed by atoms with Crippen LogP contribution in [-0.2, 0) is 0 Å². The predicted octanol–water partition coefficient (Wildman–Crippen LogP) is -0.937. The molecular formula is C8H12B4Br2O. The summed E-state index contributed by atoms with van der Waals surface area (Å²) in [4.78, 5) is 0. The Balaban J connectivity index is 2.92. The van der Waals surface area contributed by atoms with Crippen molar-refractivity contribution in [3.63, 3.8) is 0 Å². The Morgan fingerprint density at radius 1 is 1.07 bits per heavy atom. The lowest BCUT2D eigenvalue weighted by atomic mass is 9.45. The summed E-state index contributed by atoms with van der Waals surface area (Å²) in [5, 5.41) is -0.281. The molecular weight excluding hydrogens is 315 g/mol. The number of alkyl halides is 1. The predicted molar refractivity (Wildman–Crippen MR) is 83.3 cm³/mol. The van der Waals surface area contributed by atoms with Gasteiger partial charge in [-0.05, 0) is 32.2 Å². The molecule has 7 heteroatoms. The molecule has 0 bridgehead atoms. The van der Waals surface area contributed by atoms with Gasteiger partial charge in [-0.25, -0.2) is 0 Å². The highest BCUT2D eigenvalue weighted by Gasteiger charge is 2.36.